The molecule has 1 aliphatic rings. The zero-order valence-electron chi connectivity index (χ0n) is 10.7. The molecule has 0 spiro atoms. The first-order chi connectivity index (χ1) is 9.22. The second-order valence-corrected chi connectivity index (χ2v) is 5.81. The van der Waals surface area contributed by atoms with Gasteiger partial charge in [-0.2, -0.15) is 0 Å². The summed E-state index contributed by atoms with van der Waals surface area (Å²) in [5.41, 5.74) is 8.14. The lowest BCUT2D eigenvalue weighted by Gasteiger charge is -2.27. The molecule has 3 N–H and O–H groups in total. The van der Waals surface area contributed by atoms with E-state index in [1.165, 1.54) is 10.9 Å². The zero-order chi connectivity index (χ0) is 13.2. The van der Waals surface area contributed by atoms with Crippen molar-refractivity contribution in [3.63, 3.8) is 0 Å². The summed E-state index contributed by atoms with van der Waals surface area (Å²) < 4.78 is 1.03. The highest BCUT2D eigenvalue weighted by Gasteiger charge is 2.12. The van der Waals surface area contributed by atoms with Gasteiger partial charge in [-0.15, -0.1) is 0 Å². The van der Waals surface area contributed by atoms with Gasteiger partial charge in [0, 0.05) is 42.6 Å². The third-order valence-corrected chi connectivity index (χ3v) is 3.97. The fourth-order valence-electron chi connectivity index (χ4n) is 2.54. The standard InChI is InChI=1S/C14H17BrN4/c15-11-1-2-12-10(7-14(16)18-13(12)8-11)9-19-5-3-17-4-6-19/h1-2,7-8,17H,3-6,9H2,(H2,16,18). The molecule has 0 aliphatic carbocycles. The molecule has 5 heteroatoms. The predicted octanol–water partition coefficient (Wildman–Crippen LogP) is 1.98. The van der Waals surface area contributed by atoms with E-state index in [4.69, 9.17) is 5.73 Å². The molecule has 0 amide bonds. The summed E-state index contributed by atoms with van der Waals surface area (Å²) >= 11 is 3.48. The molecule has 2 heterocycles. The Labute approximate surface area is 121 Å². The number of hydrogen-bond acceptors (Lipinski definition) is 4. The van der Waals surface area contributed by atoms with E-state index in [1.54, 1.807) is 0 Å². The summed E-state index contributed by atoms with van der Waals surface area (Å²) in [5.74, 6) is 0.593. The summed E-state index contributed by atoms with van der Waals surface area (Å²) in [5, 5.41) is 4.56. The van der Waals surface area contributed by atoms with Crippen LogP contribution in [0.1, 0.15) is 5.56 Å². The highest BCUT2D eigenvalue weighted by atomic mass is 79.9. The molecule has 0 bridgehead atoms. The Kier molecular flexibility index (Phi) is 3.68. The largest absolute Gasteiger partial charge is 0.384 e. The number of pyridine rings is 1. The van der Waals surface area contributed by atoms with Crippen LogP contribution >= 0.6 is 15.9 Å². The summed E-state index contributed by atoms with van der Waals surface area (Å²) in [7, 11) is 0. The molecule has 3 rings (SSSR count). The van der Waals surface area contributed by atoms with Crippen molar-refractivity contribution in [2.75, 3.05) is 31.9 Å². The topological polar surface area (TPSA) is 54.2 Å². The van der Waals surface area contributed by atoms with Gasteiger partial charge in [0.05, 0.1) is 5.52 Å². The molecule has 1 aromatic carbocycles. The minimum absolute atomic E-state index is 0.593. The van der Waals surface area contributed by atoms with E-state index in [1.807, 2.05) is 12.1 Å². The lowest BCUT2D eigenvalue weighted by atomic mass is 10.1. The summed E-state index contributed by atoms with van der Waals surface area (Å²) in [6, 6.07) is 8.19. The first-order valence-corrected chi connectivity index (χ1v) is 7.29. The quantitative estimate of drug-likeness (QED) is 0.888. The normalized spacial score (nSPS) is 16.9. The maximum absolute atomic E-state index is 5.92. The fraction of sp³-hybridized carbons (Fsp3) is 0.357. The number of aromatic nitrogens is 1. The number of nitrogen functional groups attached to an aromatic ring is 1. The molecule has 19 heavy (non-hydrogen) atoms. The number of anilines is 1. The van der Waals surface area contributed by atoms with Gasteiger partial charge in [0.25, 0.3) is 0 Å². The van der Waals surface area contributed by atoms with Crippen molar-refractivity contribution >= 4 is 32.7 Å². The van der Waals surface area contributed by atoms with Crippen molar-refractivity contribution in [1.29, 1.82) is 0 Å². The molecule has 4 nitrogen and oxygen atoms in total. The second-order valence-electron chi connectivity index (χ2n) is 4.89. The smallest absolute Gasteiger partial charge is 0.124 e. The van der Waals surface area contributed by atoms with Crippen molar-refractivity contribution in [2.45, 2.75) is 6.54 Å². The molecule has 1 saturated heterocycles. The van der Waals surface area contributed by atoms with Crippen LogP contribution < -0.4 is 11.1 Å². The average molecular weight is 321 g/mol. The Balaban J connectivity index is 1.97. The van der Waals surface area contributed by atoms with Crippen LogP contribution in [0.25, 0.3) is 10.9 Å². The van der Waals surface area contributed by atoms with Gasteiger partial charge < -0.3 is 11.1 Å². The van der Waals surface area contributed by atoms with Crippen LogP contribution in [-0.4, -0.2) is 36.1 Å². The lowest BCUT2D eigenvalue weighted by Crippen LogP contribution is -2.42. The van der Waals surface area contributed by atoms with E-state index in [0.29, 0.717) is 5.82 Å². The third kappa shape index (κ3) is 2.88. The van der Waals surface area contributed by atoms with Gasteiger partial charge in [0.15, 0.2) is 0 Å². The summed E-state index contributed by atoms with van der Waals surface area (Å²) in [6.45, 7) is 5.22. The minimum atomic E-state index is 0.593. The van der Waals surface area contributed by atoms with Crippen molar-refractivity contribution in [1.82, 2.24) is 15.2 Å². The lowest BCUT2D eigenvalue weighted by molar-refractivity contribution is 0.234. The van der Waals surface area contributed by atoms with E-state index in [2.05, 4.69) is 43.3 Å². The molecule has 100 valence electrons. The maximum Gasteiger partial charge on any atom is 0.124 e. The molecular formula is C14H17BrN4. The Morgan fingerprint density at radius 3 is 2.84 bits per heavy atom. The number of hydrogen-bond donors (Lipinski definition) is 2. The van der Waals surface area contributed by atoms with Gasteiger partial charge in [0.2, 0.25) is 0 Å². The average Bonchev–Trinajstić information content (AvgIpc) is 2.39. The summed E-state index contributed by atoms with van der Waals surface area (Å²) in [4.78, 5) is 6.86. The van der Waals surface area contributed by atoms with Gasteiger partial charge in [-0.1, -0.05) is 22.0 Å². The number of nitrogens with two attached hydrogens (primary N) is 1. The molecule has 0 saturated carbocycles. The van der Waals surface area contributed by atoms with Crippen molar-refractivity contribution in [3.8, 4) is 0 Å². The van der Waals surface area contributed by atoms with Crippen LogP contribution in [0.4, 0.5) is 5.82 Å². The number of fused-ring (bicyclic) bond motifs is 1. The molecule has 1 aromatic heterocycles. The number of piperazine rings is 1. The van der Waals surface area contributed by atoms with Crippen LogP contribution in [0.2, 0.25) is 0 Å². The van der Waals surface area contributed by atoms with Gasteiger partial charge in [0.1, 0.15) is 5.82 Å². The maximum atomic E-state index is 5.92. The Bertz CT molecular complexity index is 588. The van der Waals surface area contributed by atoms with Gasteiger partial charge in [-0.3, -0.25) is 4.90 Å². The molecule has 0 radical (unpaired) electrons. The monoisotopic (exact) mass is 320 g/mol. The third-order valence-electron chi connectivity index (χ3n) is 3.48. The van der Waals surface area contributed by atoms with Gasteiger partial charge >= 0.3 is 0 Å². The number of benzene rings is 1. The van der Waals surface area contributed by atoms with E-state index < -0.39 is 0 Å². The Morgan fingerprint density at radius 2 is 2.05 bits per heavy atom. The highest BCUT2D eigenvalue weighted by Crippen LogP contribution is 2.24. The van der Waals surface area contributed by atoms with Crippen LogP contribution in [0.5, 0.6) is 0 Å². The Hall–Kier alpha value is -1.17. The van der Waals surface area contributed by atoms with Gasteiger partial charge in [-0.25, -0.2) is 4.98 Å². The van der Waals surface area contributed by atoms with Crippen LogP contribution in [0.15, 0.2) is 28.7 Å². The SMILES string of the molecule is Nc1cc(CN2CCNCC2)c2ccc(Br)cc2n1. The second kappa shape index (κ2) is 5.45. The molecule has 0 unspecified atom stereocenters. The van der Waals surface area contributed by atoms with Crippen molar-refractivity contribution < 1.29 is 0 Å². The van der Waals surface area contributed by atoms with Crippen LogP contribution in [0.3, 0.4) is 0 Å². The first-order valence-electron chi connectivity index (χ1n) is 6.50. The predicted molar refractivity (Wildman–Crippen MR) is 82.0 cm³/mol. The number of halogens is 1. The molecule has 0 atom stereocenters. The molecule has 1 fully saturated rings. The highest BCUT2D eigenvalue weighted by molar-refractivity contribution is 9.10. The van der Waals surface area contributed by atoms with E-state index in [9.17, 15) is 0 Å². The minimum Gasteiger partial charge on any atom is -0.384 e. The fourth-order valence-corrected chi connectivity index (χ4v) is 2.89. The summed E-state index contributed by atoms with van der Waals surface area (Å²) in [6.07, 6.45) is 0. The van der Waals surface area contributed by atoms with Crippen LogP contribution in [-0.2, 0) is 6.54 Å². The van der Waals surface area contributed by atoms with Crippen molar-refractivity contribution in [3.05, 3.63) is 34.3 Å². The van der Waals surface area contributed by atoms with E-state index in [0.717, 1.165) is 42.7 Å². The molecular weight excluding hydrogens is 304 g/mol. The first kappa shape index (κ1) is 12.8. The van der Waals surface area contributed by atoms with Gasteiger partial charge in [-0.05, 0) is 23.8 Å². The Morgan fingerprint density at radius 1 is 1.26 bits per heavy atom. The number of rotatable bonds is 2. The zero-order valence-corrected chi connectivity index (χ0v) is 12.3. The number of nitrogens with one attached hydrogen (secondary N) is 1. The van der Waals surface area contributed by atoms with Crippen LogP contribution in [0, 0.1) is 0 Å². The van der Waals surface area contributed by atoms with E-state index >= 15 is 0 Å². The van der Waals surface area contributed by atoms with E-state index in [-0.39, 0.29) is 0 Å². The number of nitrogens with zero attached hydrogens (tertiary/aromatic N) is 2. The van der Waals surface area contributed by atoms with Crippen molar-refractivity contribution in [2.24, 2.45) is 0 Å². The molecule has 2 aromatic rings. The molecule has 1 aliphatic heterocycles.